The predicted octanol–water partition coefficient (Wildman–Crippen LogP) is 5.32. The molecule has 0 unspecified atom stereocenters. The van der Waals surface area contributed by atoms with Gasteiger partial charge in [0, 0.05) is 17.1 Å². The van der Waals surface area contributed by atoms with Crippen LogP contribution in [0.1, 0.15) is 46.1 Å². The van der Waals surface area contributed by atoms with Crippen LogP contribution in [-0.2, 0) is 23.9 Å². The van der Waals surface area contributed by atoms with E-state index in [4.69, 9.17) is 21.7 Å². The van der Waals surface area contributed by atoms with Crippen LogP contribution in [0.15, 0.2) is 38.3 Å². The molecule has 33 heavy (non-hydrogen) atoms. The van der Waals surface area contributed by atoms with E-state index in [1.165, 1.54) is 14.2 Å². The number of nitrogens with zero attached hydrogens (tertiary/aromatic N) is 1. The number of hydrogen-bond acceptors (Lipinski definition) is 8. The second-order valence-electron chi connectivity index (χ2n) is 8.10. The molecule has 1 amide bonds. The van der Waals surface area contributed by atoms with Crippen molar-refractivity contribution in [3.8, 4) is 0 Å². The highest BCUT2D eigenvalue weighted by Gasteiger charge is 2.46. The summed E-state index contributed by atoms with van der Waals surface area (Å²) in [6.07, 6.45) is 1.48. The largest absolute Gasteiger partial charge is 0.465 e. The lowest BCUT2D eigenvalue weighted by atomic mass is 9.82. The highest BCUT2D eigenvalue weighted by Crippen LogP contribution is 2.56. The number of thiocarbonyl (C=S) groups is 1. The van der Waals surface area contributed by atoms with Gasteiger partial charge in [-0.15, -0.1) is 0 Å². The van der Waals surface area contributed by atoms with Gasteiger partial charge in [-0.2, -0.15) is 0 Å². The number of benzene rings is 1. The van der Waals surface area contributed by atoms with E-state index < -0.39 is 17.5 Å². The Balaban J connectivity index is 2.21. The SMILES string of the molecule is CCC(CC)C(=O)N1c2ccccc2C(=C2SC(C(=O)OC)=C(C(=O)OC)S2)C(=S)C1(C)C. The summed E-state index contributed by atoms with van der Waals surface area (Å²) in [5, 5.41) is 0. The van der Waals surface area contributed by atoms with E-state index in [-0.39, 0.29) is 21.6 Å². The molecule has 0 aromatic heterocycles. The lowest BCUT2D eigenvalue weighted by Crippen LogP contribution is -2.57. The maximum Gasteiger partial charge on any atom is 0.346 e. The minimum atomic E-state index is -0.785. The molecule has 9 heteroatoms. The highest BCUT2D eigenvalue weighted by molar-refractivity contribution is 8.29. The Bertz CT molecular complexity index is 1060. The molecular weight excluding hydrogens is 478 g/mol. The molecule has 176 valence electrons. The molecule has 0 saturated heterocycles. The number of hydrogen-bond donors (Lipinski definition) is 0. The van der Waals surface area contributed by atoms with Gasteiger partial charge in [0.2, 0.25) is 5.91 Å². The fraction of sp³-hybridized carbons (Fsp3) is 0.417. The third-order valence-corrected chi connectivity index (χ3v) is 9.11. The summed E-state index contributed by atoms with van der Waals surface area (Å²) in [5.74, 6) is -1.28. The zero-order valence-electron chi connectivity index (χ0n) is 19.5. The normalized spacial score (nSPS) is 17.4. The molecule has 3 rings (SSSR count). The van der Waals surface area contributed by atoms with Gasteiger partial charge in [0.05, 0.1) is 34.5 Å². The van der Waals surface area contributed by atoms with Crippen LogP contribution >= 0.6 is 35.7 Å². The lowest BCUT2D eigenvalue weighted by molar-refractivity contribution is -0.138. The van der Waals surface area contributed by atoms with E-state index in [0.29, 0.717) is 9.10 Å². The fourth-order valence-electron chi connectivity index (χ4n) is 3.98. The number of amides is 1. The predicted molar refractivity (Wildman–Crippen MR) is 138 cm³/mol. The molecule has 0 atom stereocenters. The maximum absolute atomic E-state index is 13.6. The number of rotatable bonds is 5. The standard InChI is InChI=1S/C24H27NO5S3/c1-7-13(8-2)20(26)25-15-12-10-9-11-14(15)16(19(31)24(25,3)4)23-32-17(21(27)29-5)18(33-23)22(28)30-6/h9-13H,7-8H2,1-6H3. The van der Waals surface area contributed by atoms with Crippen LogP contribution in [0.4, 0.5) is 5.69 Å². The zero-order chi connectivity index (χ0) is 24.5. The molecule has 0 radical (unpaired) electrons. The molecule has 0 bridgehead atoms. The molecule has 2 aliphatic heterocycles. The molecule has 6 nitrogen and oxygen atoms in total. The summed E-state index contributed by atoms with van der Waals surface area (Å²) in [4.78, 5) is 41.1. The Labute approximate surface area is 208 Å². The Morgan fingerprint density at radius 1 is 1.00 bits per heavy atom. The van der Waals surface area contributed by atoms with Crippen LogP contribution in [0.5, 0.6) is 0 Å². The summed E-state index contributed by atoms with van der Waals surface area (Å²) in [7, 11) is 2.54. The molecule has 0 N–H and O–H groups in total. The van der Waals surface area contributed by atoms with Crippen molar-refractivity contribution in [3.63, 3.8) is 0 Å². The third-order valence-electron chi connectivity index (χ3n) is 5.85. The van der Waals surface area contributed by atoms with Crippen LogP contribution in [0, 0.1) is 5.92 Å². The molecule has 1 aromatic carbocycles. The van der Waals surface area contributed by atoms with Crippen LogP contribution in [0.2, 0.25) is 0 Å². The minimum absolute atomic E-state index is 0.0409. The molecule has 2 heterocycles. The van der Waals surface area contributed by atoms with Gasteiger partial charge in [-0.05, 0) is 32.8 Å². The van der Waals surface area contributed by atoms with Crippen molar-refractivity contribution in [2.24, 2.45) is 5.92 Å². The van der Waals surface area contributed by atoms with Gasteiger partial charge in [0.25, 0.3) is 0 Å². The Morgan fingerprint density at radius 3 is 2.00 bits per heavy atom. The lowest BCUT2D eigenvalue weighted by Gasteiger charge is -2.46. The molecule has 1 aromatic rings. The average Bonchev–Trinajstić information content (AvgIpc) is 3.24. The van der Waals surface area contributed by atoms with Crippen molar-refractivity contribution in [1.82, 2.24) is 0 Å². The molecule has 2 aliphatic rings. The number of ether oxygens (including phenoxy) is 2. The van der Waals surface area contributed by atoms with E-state index in [1.807, 2.05) is 56.9 Å². The smallest absolute Gasteiger partial charge is 0.346 e. The van der Waals surface area contributed by atoms with E-state index in [0.717, 1.165) is 53.2 Å². The van der Waals surface area contributed by atoms with Gasteiger partial charge in [-0.1, -0.05) is 67.8 Å². The van der Waals surface area contributed by atoms with Gasteiger partial charge in [0.15, 0.2) is 0 Å². The van der Waals surface area contributed by atoms with Crippen molar-refractivity contribution in [2.45, 2.75) is 46.1 Å². The summed E-state index contributed by atoms with van der Waals surface area (Å²) < 4.78 is 10.5. The van der Waals surface area contributed by atoms with Gasteiger partial charge >= 0.3 is 11.9 Å². The maximum atomic E-state index is 13.6. The van der Waals surface area contributed by atoms with E-state index in [2.05, 4.69) is 0 Å². The zero-order valence-corrected chi connectivity index (χ0v) is 22.0. The Kier molecular flexibility index (Phi) is 7.76. The Hall–Kier alpha value is -2.10. The number of methoxy groups -OCH3 is 2. The van der Waals surface area contributed by atoms with Gasteiger partial charge < -0.3 is 14.4 Å². The number of carbonyl (C=O) groups excluding carboxylic acids is 3. The summed E-state index contributed by atoms with van der Waals surface area (Å²) in [5.41, 5.74) is 1.52. The second-order valence-corrected chi connectivity index (χ2v) is 10.8. The first kappa shape index (κ1) is 25.5. The van der Waals surface area contributed by atoms with E-state index in [9.17, 15) is 14.4 Å². The van der Waals surface area contributed by atoms with E-state index in [1.54, 1.807) is 0 Å². The number of fused-ring (bicyclic) bond motifs is 1. The molecule has 0 aliphatic carbocycles. The van der Waals surface area contributed by atoms with Crippen LogP contribution in [0.25, 0.3) is 5.57 Å². The molecule has 0 spiro atoms. The van der Waals surface area contributed by atoms with Gasteiger partial charge in [-0.3, -0.25) is 4.79 Å². The first-order valence-corrected chi connectivity index (χ1v) is 12.7. The summed E-state index contributed by atoms with van der Waals surface area (Å²) >= 11 is 8.27. The third kappa shape index (κ3) is 4.38. The molecular formula is C24H27NO5S3. The van der Waals surface area contributed by atoms with Crippen molar-refractivity contribution in [1.29, 1.82) is 0 Å². The topological polar surface area (TPSA) is 72.9 Å². The fourth-order valence-corrected chi connectivity index (χ4v) is 7.02. The van der Waals surface area contributed by atoms with Crippen LogP contribution in [0.3, 0.4) is 0 Å². The summed E-state index contributed by atoms with van der Waals surface area (Å²) in [6.45, 7) is 7.90. The molecule has 0 fully saturated rings. The van der Waals surface area contributed by atoms with Crippen molar-refractivity contribution in [2.75, 3.05) is 19.1 Å². The van der Waals surface area contributed by atoms with Gasteiger partial charge in [0.1, 0.15) is 9.81 Å². The van der Waals surface area contributed by atoms with Crippen molar-refractivity contribution in [3.05, 3.63) is 43.9 Å². The minimum Gasteiger partial charge on any atom is -0.465 e. The van der Waals surface area contributed by atoms with Crippen LogP contribution in [-0.4, -0.2) is 42.5 Å². The second kappa shape index (κ2) is 10.0. The van der Waals surface area contributed by atoms with Gasteiger partial charge in [-0.25, -0.2) is 9.59 Å². The number of esters is 2. The van der Waals surface area contributed by atoms with Crippen LogP contribution < -0.4 is 4.90 Å². The average molecular weight is 506 g/mol. The first-order chi connectivity index (χ1) is 15.6. The summed E-state index contributed by atoms with van der Waals surface area (Å²) in [6, 6.07) is 7.62. The first-order valence-electron chi connectivity index (χ1n) is 10.6. The number of thioether (sulfide) groups is 2. The highest BCUT2D eigenvalue weighted by atomic mass is 32.2. The Morgan fingerprint density at radius 2 is 1.52 bits per heavy atom. The monoisotopic (exact) mass is 505 g/mol. The quantitative estimate of drug-likeness (QED) is 0.302. The molecule has 0 saturated carbocycles. The number of carbonyl (C=O) groups is 3. The van der Waals surface area contributed by atoms with Crippen molar-refractivity contribution < 1.29 is 23.9 Å². The van der Waals surface area contributed by atoms with Crippen molar-refractivity contribution >= 4 is 69.7 Å². The number of para-hydroxylation sites is 1. The van der Waals surface area contributed by atoms with E-state index >= 15 is 0 Å². The number of anilines is 1.